The highest BCUT2D eigenvalue weighted by Gasteiger charge is 2.08. The maximum atomic E-state index is 9.04. The number of hydrogen-bond donors (Lipinski definition) is 0. The van der Waals surface area contributed by atoms with Crippen LogP contribution < -0.4 is 9.13 Å². The third-order valence-electron chi connectivity index (χ3n) is 4.96. The van der Waals surface area contributed by atoms with E-state index in [2.05, 4.69) is 70.3 Å². The second kappa shape index (κ2) is 8.82. The van der Waals surface area contributed by atoms with Crippen molar-refractivity contribution in [2.24, 2.45) is 0 Å². The van der Waals surface area contributed by atoms with E-state index in [4.69, 9.17) is 10.5 Å². The molecule has 30 heavy (non-hydrogen) atoms. The van der Waals surface area contributed by atoms with Gasteiger partial charge in [-0.3, -0.25) is 0 Å². The van der Waals surface area contributed by atoms with Crippen molar-refractivity contribution in [2.75, 3.05) is 0 Å². The molecule has 0 unspecified atom stereocenters. The van der Waals surface area contributed by atoms with Crippen LogP contribution in [-0.2, 0) is 13.1 Å². The molecule has 0 aliphatic carbocycles. The molecule has 0 aliphatic rings. The van der Waals surface area contributed by atoms with Gasteiger partial charge in [-0.05, 0) is 35.4 Å². The Bertz CT molecular complexity index is 1140. The normalized spacial score (nSPS) is 10.2. The molecule has 0 fully saturated rings. The lowest BCUT2D eigenvalue weighted by molar-refractivity contribution is -0.688. The van der Waals surface area contributed by atoms with Crippen LogP contribution in [0.15, 0.2) is 97.6 Å². The van der Waals surface area contributed by atoms with E-state index in [1.54, 1.807) is 0 Å². The standard InChI is InChI=1S/C26H20N4/c27-17-21-3-1-5-23(15-21)19-29-11-7-25(8-12-29)26-9-13-30(14-10-26)20-24-6-2-4-22(16-24)18-28/h1-16H,19-20H2/q+2. The summed E-state index contributed by atoms with van der Waals surface area (Å²) in [5.41, 5.74) is 5.87. The van der Waals surface area contributed by atoms with Crippen molar-refractivity contribution in [3.8, 4) is 23.3 Å². The molecule has 0 atom stereocenters. The number of nitriles is 2. The highest BCUT2D eigenvalue weighted by Crippen LogP contribution is 2.16. The fourth-order valence-electron chi connectivity index (χ4n) is 3.41. The van der Waals surface area contributed by atoms with Gasteiger partial charge in [-0.2, -0.15) is 10.5 Å². The zero-order chi connectivity index (χ0) is 20.8. The van der Waals surface area contributed by atoms with Crippen LogP contribution in [0.5, 0.6) is 0 Å². The minimum Gasteiger partial charge on any atom is -0.201 e. The molecule has 0 N–H and O–H groups in total. The third-order valence-corrected chi connectivity index (χ3v) is 4.96. The molecule has 0 amide bonds. The summed E-state index contributed by atoms with van der Waals surface area (Å²) in [5.74, 6) is 0. The van der Waals surface area contributed by atoms with Gasteiger partial charge in [-0.1, -0.05) is 24.3 Å². The second-order valence-electron chi connectivity index (χ2n) is 7.14. The number of aromatic nitrogens is 2. The molecule has 4 heteroatoms. The summed E-state index contributed by atoms with van der Waals surface area (Å²) in [5, 5.41) is 18.1. The van der Waals surface area contributed by atoms with Crippen molar-refractivity contribution in [1.82, 2.24) is 0 Å². The van der Waals surface area contributed by atoms with E-state index in [-0.39, 0.29) is 0 Å². The molecule has 0 bridgehead atoms. The third kappa shape index (κ3) is 4.58. The molecule has 0 aliphatic heterocycles. The van der Waals surface area contributed by atoms with Gasteiger partial charge in [0.2, 0.25) is 0 Å². The predicted molar refractivity (Wildman–Crippen MR) is 113 cm³/mol. The zero-order valence-electron chi connectivity index (χ0n) is 16.4. The molecule has 4 rings (SSSR count). The zero-order valence-corrected chi connectivity index (χ0v) is 16.4. The summed E-state index contributed by atoms with van der Waals surface area (Å²) in [7, 11) is 0. The Morgan fingerprint density at radius 2 is 0.967 bits per heavy atom. The average Bonchev–Trinajstić information content (AvgIpc) is 2.80. The van der Waals surface area contributed by atoms with Crippen LogP contribution in [0.3, 0.4) is 0 Å². The van der Waals surface area contributed by atoms with Crippen molar-refractivity contribution >= 4 is 0 Å². The maximum Gasteiger partial charge on any atom is 0.173 e. The Morgan fingerprint density at radius 3 is 1.33 bits per heavy atom. The highest BCUT2D eigenvalue weighted by molar-refractivity contribution is 5.61. The Kier molecular flexibility index (Phi) is 5.60. The Morgan fingerprint density at radius 1 is 0.567 bits per heavy atom. The lowest BCUT2D eigenvalue weighted by Gasteiger charge is -2.03. The van der Waals surface area contributed by atoms with Crippen LogP contribution in [0.2, 0.25) is 0 Å². The first-order valence-electron chi connectivity index (χ1n) is 9.70. The summed E-state index contributed by atoms with van der Waals surface area (Å²) >= 11 is 0. The van der Waals surface area contributed by atoms with E-state index in [1.165, 1.54) is 0 Å². The molecular weight excluding hydrogens is 368 g/mol. The number of pyridine rings is 2. The van der Waals surface area contributed by atoms with E-state index in [1.807, 2.05) is 48.5 Å². The van der Waals surface area contributed by atoms with Gasteiger partial charge in [-0.25, -0.2) is 9.13 Å². The summed E-state index contributed by atoms with van der Waals surface area (Å²) in [6.07, 6.45) is 8.23. The number of benzene rings is 2. The van der Waals surface area contributed by atoms with Gasteiger partial charge in [0.1, 0.15) is 0 Å². The van der Waals surface area contributed by atoms with Gasteiger partial charge in [0, 0.05) is 35.4 Å². The van der Waals surface area contributed by atoms with Gasteiger partial charge in [0.15, 0.2) is 37.9 Å². The van der Waals surface area contributed by atoms with Crippen molar-refractivity contribution in [3.05, 3.63) is 120 Å². The van der Waals surface area contributed by atoms with Crippen LogP contribution in [0, 0.1) is 22.7 Å². The van der Waals surface area contributed by atoms with E-state index < -0.39 is 0 Å². The van der Waals surface area contributed by atoms with Crippen LogP contribution in [0.1, 0.15) is 22.3 Å². The monoisotopic (exact) mass is 388 g/mol. The van der Waals surface area contributed by atoms with Crippen LogP contribution in [0.4, 0.5) is 0 Å². The van der Waals surface area contributed by atoms with Crippen LogP contribution in [0.25, 0.3) is 11.1 Å². The van der Waals surface area contributed by atoms with E-state index in [0.717, 1.165) is 35.3 Å². The summed E-state index contributed by atoms with van der Waals surface area (Å²) < 4.78 is 4.20. The molecule has 0 spiro atoms. The van der Waals surface area contributed by atoms with Gasteiger partial charge in [-0.15, -0.1) is 0 Å². The molecule has 4 nitrogen and oxygen atoms in total. The summed E-state index contributed by atoms with van der Waals surface area (Å²) in [6.45, 7) is 1.46. The van der Waals surface area contributed by atoms with Crippen molar-refractivity contribution in [1.29, 1.82) is 10.5 Å². The minimum atomic E-state index is 0.682. The quantitative estimate of drug-likeness (QED) is 0.489. The molecule has 0 radical (unpaired) electrons. The lowest BCUT2D eigenvalue weighted by atomic mass is 10.1. The first-order valence-corrected chi connectivity index (χ1v) is 9.70. The van der Waals surface area contributed by atoms with Gasteiger partial charge in [0.05, 0.1) is 23.3 Å². The summed E-state index contributed by atoms with van der Waals surface area (Å²) in [4.78, 5) is 0. The number of hydrogen-bond acceptors (Lipinski definition) is 2. The number of rotatable bonds is 5. The lowest BCUT2D eigenvalue weighted by Crippen LogP contribution is -2.33. The number of nitrogens with zero attached hydrogens (tertiary/aromatic N) is 4. The minimum absolute atomic E-state index is 0.682. The molecule has 2 aromatic heterocycles. The van der Waals surface area contributed by atoms with Crippen molar-refractivity contribution < 1.29 is 9.13 Å². The molecule has 2 aromatic carbocycles. The second-order valence-corrected chi connectivity index (χ2v) is 7.14. The van der Waals surface area contributed by atoms with Gasteiger partial charge >= 0.3 is 0 Å². The topological polar surface area (TPSA) is 55.3 Å². The Labute approximate surface area is 176 Å². The highest BCUT2D eigenvalue weighted by atomic mass is 14.9. The Balaban J connectivity index is 1.45. The van der Waals surface area contributed by atoms with Crippen LogP contribution in [-0.4, -0.2) is 0 Å². The smallest absolute Gasteiger partial charge is 0.173 e. The molecule has 0 saturated heterocycles. The van der Waals surface area contributed by atoms with E-state index >= 15 is 0 Å². The van der Waals surface area contributed by atoms with E-state index in [0.29, 0.717) is 11.1 Å². The first-order chi connectivity index (χ1) is 14.7. The largest absolute Gasteiger partial charge is 0.201 e. The van der Waals surface area contributed by atoms with Crippen molar-refractivity contribution in [2.45, 2.75) is 13.1 Å². The Hall–Kier alpha value is -4.28. The molecule has 4 aromatic rings. The SMILES string of the molecule is N#Cc1cccc(C[n+]2ccc(-c3cc[n+](Cc4cccc(C#N)c4)cc3)cc2)c1. The first kappa shape index (κ1) is 19.1. The average molecular weight is 388 g/mol. The fourth-order valence-corrected chi connectivity index (χ4v) is 3.41. The summed E-state index contributed by atoms with van der Waals surface area (Å²) in [6, 6.07) is 28.1. The fraction of sp³-hybridized carbons (Fsp3) is 0.0769. The molecule has 2 heterocycles. The predicted octanol–water partition coefficient (Wildman–Crippen LogP) is 3.77. The molecule has 0 saturated carbocycles. The maximum absolute atomic E-state index is 9.04. The van der Waals surface area contributed by atoms with Crippen molar-refractivity contribution in [3.63, 3.8) is 0 Å². The van der Waals surface area contributed by atoms with E-state index in [9.17, 15) is 0 Å². The van der Waals surface area contributed by atoms with Gasteiger partial charge < -0.3 is 0 Å². The van der Waals surface area contributed by atoms with Gasteiger partial charge in [0.25, 0.3) is 0 Å². The molecular formula is C26H20N4+2. The van der Waals surface area contributed by atoms with Crippen LogP contribution >= 0.6 is 0 Å². The molecule has 142 valence electrons.